The molecule has 1 saturated carbocycles. The van der Waals surface area contributed by atoms with E-state index in [1.807, 2.05) is 30.3 Å². The van der Waals surface area contributed by atoms with Gasteiger partial charge >= 0.3 is 0 Å². The van der Waals surface area contributed by atoms with Crippen LogP contribution in [0, 0.1) is 46.3 Å². The topological polar surface area (TPSA) is 39.7 Å². The third kappa shape index (κ3) is 8.90. The van der Waals surface area contributed by atoms with E-state index in [2.05, 4.69) is 145 Å². The fourth-order valence-corrected chi connectivity index (χ4v) is 14.4. The maximum atomic E-state index is 7.01. The quantitative estimate of drug-likeness (QED) is 0.0931. The molecule has 1 aromatic rings. The molecule has 55 heavy (non-hydrogen) atoms. The maximum Gasteiger partial charge on any atom is 0.261 e. The van der Waals surface area contributed by atoms with Gasteiger partial charge in [-0.25, -0.2) is 0 Å². The van der Waals surface area contributed by atoms with Crippen LogP contribution >= 0.6 is 12.2 Å². The Balaban J connectivity index is 1.36. The van der Waals surface area contributed by atoms with Crippen molar-refractivity contribution >= 4 is 39.7 Å². The summed E-state index contributed by atoms with van der Waals surface area (Å²) in [5.74, 6) is 9.24. The second-order valence-electron chi connectivity index (χ2n) is 21.4. The highest BCUT2D eigenvalue weighted by Gasteiger charge is 2.55. The molecule has 0 radical (unpaired) electrons. The van der Waals surface area contributed by atoms with Crippen molar-refractivity contribution in [3.63, 3.8) is 0 Å². The van der Waals surface area contributed by atoms with Gasteiger partial charge in [-0.15, -0.1) is 0 Å². The number of rotatable bonds is 13. The number of thiocarbonyl (C=S) groups is 1. The molecule has 4 aliphatic carbocycles. The minimum Gasteiger partial charge on any atom is -0.467 e. The summed E-state index contributed by atoms with van der Waals surface area (Å²) in [6.45, 7) is 37.7. The van der Waals surface area contributed by atoms with Crippen LogP contribution in [0.4, 0.5) is 5.69 Å². The molecule has 0 aliphatic heterocycles. The van der Waals surface area contributed by atoms with Gasteiger partial charge in [0.05, 0.1) is 11.0 Å². The summed E-state index contributed by atoms with van der Waals surface area (Å²) in [6.07, 6.45) is 13.5. The Morgan fingerprint density at radius 3 is 2.22 bits per heavy atom. The van der Waals surface area contributed by atoms with Crippen LogP contribution in [0.25, 0.3) is 0 Å². The largest absolute Gasteiger partial charge is 0.467 e. The van der Waals surface area contributed by atoms with Crippen LogP contribution in [0.5, 0.6) is 0 Å². The van der Waals surface area contributed by atoms with E-state index in [1.54, 1.807) is 5.57 Å². The molecule has 1 aromatic carbocycles. The third-order valence-electron chi connectivity index (χ3n) is 15.6. The summed E-state index contributed by atoms with van der Waals surface area (Å²) in [5.41, 5.74) is 5.23. The minimum absolute atomic E-state index is 0.0138. The van der Waals surface area contributed by atoms with Gasteiger partial charge in [0.2, 0.25) is 0 Å². The van der Waals surface area contributed by atoms with Crippen LogP contribution in [-0.2, 0) is 13.6 Å². The van der Waals surface area contributed by atoms with Crippen molar-refractivity contribution in [1.29, 1.82) is 0 Å². The third-order valence-corrected chi connectivity index (χ3v) is 25.1. The Morgan fingerprint density at radius 2 is 1.60 bits per heavy atom. The number of allylic oxidation sites excluding steroid dienone is 4. The number of nitrogens with one attached hydrogen (secondary N) is 1. The van der Waals surface area contributed by atoms with Gasteiger partial charge in [0, 0.05) is 23.9 Å². The van der Waals surface area contributed by atoms with E-state index in [1.165, 1.54) is 11.1 Å². The summed E-state index contributed by atoms with van der Waals surface area (Å²) in [7, 11) is -3.96. The number of para-hydroxylation sites is 1. The van der Waals surface area contributed by atoms with E-state index >= 15 is 0 Å². The van der Waals surface area contributed by atoms with Crippen molar-refractivity contribution in [3.8, 4) is 11.8 Å². The van der Waals surface area contributed by atoms with E-state index in [4.69, 9.17) is 25.8 Å². The van der Waals surface area contributed by atoms with Crippen molar-refractivity contribution in [2.45, 2.75) is 176 Å². The molecule has 4 nitrogen and oxygen atoms in total. The summed E-state index contributed by atoms with van der Waals surface area (Å²) in [5, 5.41) is 4.12. The summed E-state index contributed by atoms with van der Waals surface area (Å²) < 4.78 is 20.8. The monoisotopic (exact) mass is 802 g/mol. The normalized spacial score (nSPS) is 28.0. The van der Waals surface area contributed by atoms with Crippen LogP contribution < -0.4 is 5.32 Å². The number of ether oxygens (including phenoxy) is 1. The molecule has 0 aromatic heterocycles. The zero-order chi connectivity index (χ0) is 41.0. The van der Waals surface area contributed by atoms with Gasteiger partial charge in [0.25, 0.3) is 5.17 Å². The lowest BCUT2D eigenvalue weighted by Crippen LogP contribution is -2.49. The molecule has 4 aliphatic rings. The standard InChI is InChI=1S/C48H75NO3SSi2/c1-33(2)46(9,10)55(15,16)51-37-26-30-47(11)35(32-37)22-23-38-40-25-24-39(48(40,12)31-27-41(38)47)34(3)42(50-43(53)49-36-20-18-17-19-21-36)28-29-45(7,8)52-54(13,14)44(4,5)6/h17-24,33-34,37,40-42H,25,27-29,31-32H2,1-16H3,(H,49,53)/t34-,37-,40?,41?,42?,47-,48+/m0/s1. The lowest BCUT2D eigenvalue weighted by atomic mass is 9.51. The number of anilines is 1. The molecule has 0 saturated heterocycles. The van der Waals surface area contributed by atoms with Gasteiger partial charge < -0.3 is 18.9 Å². The smallest absolute Gasteiger partial charge is 0.261 e. The first-order valence-corrected chi connectivity index (χ1v) is 27.5. The first kappa shape index (κ1) is 44.2. The molecular weight excluding hydrogens is 727 g/mol. The number of hydrogen-bond acceptors (Lipinski definition) is 4. The Bertz CT molecular complexity index is 1740. The van der Waals surface area contributed by atoms with E-state index in [-0.39, 0.29) is 44.6 Å². The lowest BCUT2D eigenvalue weighted by molar-refractivity contribution is 0.0487. The summed E-state index contributed by atoms with van der Waals surface area (Å²) in [6, 6.07) is 10.1. The molecule has 7 heteroatoms. The highest BCUT2D eigenvalue weighted by Crippen LogP contribution is 2.63. The molecule has 304 valence electrons. The average molecular weight is 802 g/mol. The van der Waals surface area contributed by atoms with Crippen LogP contribution in [-0.4, -0.2) is 39.6 Å². The Hall–Kier alpha value is -1.96. The van der Waals surface area contributed by atoms with Crippen molar-refractivity contribution in [3.05, 3.63) is 65.3 Å². The van der Waals surface area contributed by atoms with Gasteiger partial charge in [0.15, 0.2) is 16.6 Å². The number of hydrogen-bond donors (Lipinski definition) is 1. The number of benzene rings is 1. The molecule has 0 spiro atoms. The fraction of sp³-hybridized carbons (Fsp3) is 0.688. The number of fused-ring (bicyclic) bond motifs is 5. The second-order valence-corrected chi connectivity index (χ2v) is 31.0. The molecule has 0 heterocycles. The van der Waals surface area contributed by atoms with E-state index in [0.717, 1.165) is 44.2 Å². The van der Waals surface area contributed by atoms with Gasteiger partial charge in [-0.05, 0) is 136 Å². The molecule has 5 rings (SSSR count). The summed E-state index contributed by atoms with van der Waals surface area (Å²) >= 11 is 5.89. The van der Waals surface area contributed by atoms with Crippen LogP contribution in [0.1, 0.15) is 122 Å². The van der Waals surface area contributed by atoms with Gasteiger partial charge in [-0.1, -0.05) is 122 Å². The highest BCUT2D eigenvalue weighted by molar-refractivity contribution is 7.80. The SMILES string of the molecule is CC(C)C(C)(C)[Si](C)(C)O[C@H]1C#C[C@@]2(C)C(=CC=C3C2CC[C@]2(C)C([C@H](C)C(CCC(C)(C)O[Si](C)(C)C(C)(C)C)OC(=S)Nc4ccccc4)=CCC32)C1. The van der Waals surface area contributed by atoms with Crippen molar-refractivity contribution in [2.24, 2.45) is 34.5 Å². The Labute approximate surface area is 344 Å². The predicted octanol–water partition coefficient (Wildman–Crippen LogP) is 13.7. The minimum atomic E-state index is -2.00. The van der Waals surface area contributed by atoms with Gasteiger partial charge in [-0.3, -0.25) is 0 Å². The zero-order valence-corrected chi connectivity index (χ0v) is 40.3. The van der Waals surface area contributed by atoms with E-state index < -0.39 is 16.6 Å². The molecule has 3 unspecified atom stereocenters. The molecule has 0 bridgehead atoms. The highest BCUT2D eigenvalue weighted by atomic mass is 32.1. The molecule has 0 amide bonds. The van der Waals surface area contributed by atoms with Crippen LogP contribution in [0.3, 0.4) is 0 Å². The predicted molar refractivity (Wildman–Crippen MR) is 243 cm³/mol. The van der Waals surface area contributed by atoms with Crippen LogP contribution in [0.15, 0.2) is 65.3 Å². The summed E-state index contributed by atoms with van der Waals surface area (Å²) in [4.78, 5) is 0. The van der Waals surface area contributed by atoms with E-state index in [9.17, 15) is 0 Å². The zero-order valence-electron chi connectivity index (χ0n) is 37.5. The first-order chi connectivity index (χ1) is 25.2. The van der Waals surface area contributed by atoms with Gasteiger partial charge in [0.1, 0.15) is 12.2 Å². The molecular formula is C48H75NO3SSi2. The Kier molecular flexibility index (Phi) is 12.6. The second kappa shape index (κ2) is 15.7. The lowest BCUT2D eigenvalue weighted by Gasteiger charge is -2.53. The Morgan fingerprint density at radius 1 is 0.945 bits per heavy atom. The van der Waals surface area contributed by atoms with E-state index in [0.29, 0.717) is 22.9 Å². The molecule has 1 N–H and O–H groups in total. The van der Waals surface area contributed by atoms with Crippen molar-refractivity contribution < 1.29 is 13.6 Å². The van der Waals surface area contributed by atoms with Crippen molar-refractivity contribution in [2.75, 3.05) is 5.32 Å². The first-order valence-electron chi connectivity index (χ1n) is 21.3. The maximum absolute atomic E-state index is 7.01. The molecule has 7 atom stereocenters. The van der Waals surface area contributed by atoms with Crippen LogP contribution in [0.2, 0.25) is 36.3 Å². The molecule has 1 fully saturated rings. The average Bonchev–Trinajstić information content (AvgIpc) is 3.43. The fourth-order valence-electron chi connectivity index (χ4n) is 9.77. The van der Waals surface area contributed by atoms with Gasteiger partial charge in [-0.2, -0.15) is 0 Å². The van der Waals surface area contributed by atoms with Crippen molar-refractivity contribution in [1.82, 2.24) is 0 Å².